The second-order valence-electron chi connectivity index (χ2n) is 4.47. The Hall–Kier alpha value is -1.27. The minimum absolute atomic E-state index is 0.0355. The van der Waals surface area contributed by atoms with Crippen LogP contribution >= 0.6 is 10.7 Å². The zero-order chi connectivity index (χ0) is 15.3. The smallest absolute Gasteiger partial charge is 0.261 e. The van der Waals surface area contributed by atoms with Gasteiger partial charge in [-0.2, -0.15) is 0 Å². The van der Waals surface area contributed by atoms with Gasteiger partial charge in [0.1, 0.15) is 5.75 Å². The molecule has 1 N–H and O–H groups in total. The molecule has 1 rings (SSSR count). The quantitative estimate of drug-likeness (QED) is 0.815. The third kappa shape index (κ3) is 4.68. The van der Waals surface area contributed by atoms with E-state index in [-0.39, 0.29) is 23.3 Å². The molecule has 0 bridgehead atoms. The minimum Gasteiger partial charge on any atom is -0.496 e. The molecular weight excluding hydrogens is 302 g/mol. The van der Waals surface area contributed by atoms with Gasteiger partial charge < -0.3 is 10.1 Å². The van der Waals surface area contributed by atoms with Crippen molar-refractivity contribution in [2.75, 3.05) is 7.11 Å². The molecule has 20 heavy (non-hydrogen) atoms. The van der Waals surface area contributed by atoms with E-state index >= 15 is 0 Å². The molecule has 1 aromatic carbocycles. The van der Waals surface area contributed by atoms with Crippen LogP contribution < -0.4 is 10.1 Å². The van der Waals surface area contributed by atoms with Crippen molar-refractivity contribution >= 4 is 25.6 Å². The summed E-state index contributed by atoms with van der Waals surface area (Å²) < 4.78 is 27.8. The summed E-state index contributed by atoms with van der Waals surface area (Å²) >= 11 is 0. The lowest BCUT2D eigenvalue weighted by Gasteiger charge is -2.13. The van der Waals surface area contributed by atoms with Crippen molar-refractivity contribution in [3.63, 3.8) is 0 Å². The normalized spacial score (nSPS) is 12.8. The van der Waals surface area contributed by atoms with Crippen LogP contribution in [0, 0.1) is 0 Å². The van der Waals surface area contributed by atoms with Crippen LogP contribution in [0.15, 0.2) is 23.1 Å². The van der Waals surface area contributed by atoms with Crippen molar-refractivity contribution in [3.8, 4) is 5.75 Å². The lowest BCUT2D eigenvalue weighted by molar-refractivity contribution is -0.121. The molecule has 112 valence electrons. The number of carbonyl (C=O) groups excluding carboxylic acids is 1. The fourth-order valence-corrected chi connectivity index (χ4v) is 2.45. The second-order valence-corrected chi connectivity index (χ2v) is 7.03. The van der Waals surface area contributed by atoms with Crippen LogP contribution in [-0.4, -0.2) is 27.5 Å². The fraction of sp³-hybridized carbons (Fsp3) is 0.462. The number of methoxy groups -OCH3 is 1. The van der Waals surface area contributed by atoms with Crippen molar-refractivity contribution in [1.82, 2.24) is 5.32 Å². The standard InChI is InChI=1S/C13H18ClNO4S/c1-4-9(2)15-13(16)8-10-7-11(20(14,17)18)5-6-12(10)19-3/h5-7,9H,4,8H2,1-3H3,(H,15,16). The number of hydrogen-bond acceptors (Lipinski definition) is 4. The molecule has 7 heteroatoms. The number of ether oxygens (including phenoxy) is 1. The van der Waals surface area contributed by atoms with Crippen molar-refractivity contribution in [3.05, 3.63) is 23.8 Å². The van der Waals surface area contributed by atoms with Gasteiger partial charge in [0.25, 0.3) is 9.05 Å². The molecule has 1 amide bonds. The van der Waals surface area contributed by atoms with Crippen LogP contribution in [-0.2, 0) is 20.3 Å². The van der Waals surface area contributed by atoms with Gasteiger partial charge in [0, 0.05) is 22.3 Å². The van der Waals surface area contributed by atoms with Crippen LogP contribution in [0.5, 0.6) is 5.75 Å². The van der Waals surface area contributed by atoms with Crippen molar-refractivity contribution in [1.29, 1.82) is 0 Å². The van der Waals surface area contributed by atoms with Crippen LogP contribution in [0.3, 0.4) is 0 Å². The topological polar surface area (TPSA) is 72.5 Å². The number of nitrogens with one attached hydrogen (secondary N) is 1. The van der Waals surface area contributed by atoms with E-state index in [1.165, 1.54) is 25.3 Å². The fourth-order valence-electron chi connectivity index (χ4n) is 1.65. The van der Waals surface area contributed by atoms with E-state index < -0.39 is 9.05 Å². The Morgan fingerprint density at radius 1 is 1.45 bits per heavy atom. The Labute approximate surface area is 123 Å². The first kappa shape index (κ1) is 16.8. The lowest BCUT2D eigenvalue weighted by atomic mass is 10.1. The molecule has 0 heterocycles. The highest BCUT2D eigenvalue weighted by atomic mass is 35.7. The molecule has 1 aromatic rings. The molecule has 0 aliphatic carbocycles. The van der Waals surface area contributed by atoms with Gasteiger partial charge in [-0.05, 0) is 31.5 Å². The summed E-state index contributed by atoms with van der Waals surface area (Å²) in [5.41, 5.74) is 0.482. The monoisotopic (exact) mass is 319 g/mol. The summed E-state index contributed by atoms with van der Waals surface area (Å²) in [6, 6.07) is 4.25. The Balaban J connectivity index is 3.00. The summed E-state index contributed by atoms with van der Waals surface area (Å²) in [6.45, 7) is 3.86. The molecule has 0 saturated carbocycles. The molecule has 0 aliphatic heterocycles. The molecule has 0 radical (unpaired) electrons. The van der Waals surface area contributed by atoms with E-state index in [0.29, 0.717) is 11.3 Å². The summed E-state index contributed by atoms with van der Waals surface area (Å²) in [5, 5.41) is 2.81. The number of rotatable bonds is 6. The van der Waals surface area contributed by atoms with E-state index in [1.54, 1.807) is 0 Å². The third-order valence-electron chi connectivity index (χ3n) is 2.90. The predicted molar refractivity (Wildman–Crippen MR) is 77.6 cm³/mol. The largest absolute Gasteiger partial charge is 0.496 e. The minimum atomic E-state index is -3.83. The maximum absolute atomic E-state index is 11.9. The van der Waals surface area contributed by atoms with Crippen LogP contribution in [0.2, 0.25) is 0 Å². The van der Waals surface area contributed by atoms with Gasteiger partial charge >= 0.3 is 0 Å². The summed E-state index contributed by atoms with van der Waals surface area (Å²) in [5.74, 6) is 0.259. The zero-order valence-corrected chi connectivity index (χ0v) is 13.2. The predicted octanol–water partition coefficient (Wildman–Crippen LogP) is 2.08. The highest BCUT2D eigenvalue weighted by Crippen LogP contribution is 2.24. The average Bonchev–Trinajstić information content (AvgIpc) is 2.37. The van der Waals surface area contributed by atoms with Gasteiger partial charge in [0.05, 0.1) is 18.4 Å². The highest BCUT2D eigenvalue weighted by molar-refractivity contribution is 8.13. The van der Waals surface area contributed by atoms with Gasteiger partial charge in [0.2, 0.25) is 5.91 Å². The van der Waals surface area contributed by atoms with Crippen molar-refractivity contribution < 1.29 is 17.9 Å². The van der Waals surface area contributed by atoms with Gasteiger partial charge in [-0.3, -0.25) is 4.79 Å². The number of benzene rings is 1. The van der Waals surface area contributed by atoms with Crippen LogP contribution in [0.1, 0.15) is 25.8 Å². The Kier molecular flexibility index (Phi) is 5.83. The molecular formula is C13H18ClNO4S. The number of carbonyl (C=O) groups is 1. The third-order valence-corrected chi connectivity index (χ3v) is 4.26. The number of amides is 1. The SMILES string of the molecule is CCC(C)NC(=O)Cc1cc(S(=O)(=O)Cl)ccc1OC. The average molecular weight is 320 g/mol. The van der Waals surface area contributed by atoms with Gasteiger partial charge in [0.15, 0.2) is 0 Å². The van der Waals surface area contributed by atoms with Gasteiger partial charge in [-0.15, -0.1) is 0 Å². The van der Waals surface area contributed by atoms with E-state index in [0.717, 1.165) is 6.42 Å². The highest BCUT2D eigenvalue weighted by Gasteiger charge is 2.16. The van der Waals surface area contributed by atoms with E-state index in [4.69, 9.17) is 15.4 Å². The molecule has 1 atom stereocenters. The van der Waals surface area contributed by atoms with E-state index in [1.807, 2.05) is 13.8 Å². The van der Waals surface area contributed by atoms with E-state index in [9.17, 15) is 13.2 Å². The molecule has 0 aromatic heterocycles. The molecule has 5 nitrogen and oxygen atoms in total. The first-order chi connectivity index (χ1) is 9.27. The summed E-state index contributed by atoms with van der Waals surface area (Å²) in [4.78, 5) is 11.8. The Morgan fingerprint density at radius 3 is 2.60 bits per heavy atom. The molecule has 0 saturated heterocycles. The lowest BCUT2D eigenvalue weighted by Crippen LogP contribution is -2.33. The van der Waals surface area contributed by atoms with Crippen LogP contribution in [0.25, 0.3) is 0 Å². The maximum Gasteiger partial charge on any atom is 0.261 e. The first-order valence-electron chi connectivity index (χ1n) is 6.18. The zero-order valence-electron chi connectivity index (χ0n) is 11.6. The van der Waals surface area contributed by atoms with Crippen molar-refractivity contribution in [2.45, 2.75) is 37.6 Å². The Morgan fingerprint density at radius 2 is 2.10 bits per heavy atom. The van der Waals surface area contributed by atoms with E-state index in [2.05, 4.69) is 5.32 Å². The van der Waals surface area contributed by atoms with Gasteiger partial charge in [-0.25, -0.2) is 8.42 Å². The Bertz CT molecular complexity index is 586. The molecule has 1 unspecified atom stereocenters. The summed E-state index contributed by atoms with van der Waals surface area (Å²) in [6.07, 6.45) is 0.854. The maximum atomic E-state index is 11.9. The molecule has 0 aliphatic rings. The van der Waals surface area contributed by atoms with Gasteiger partial charge in [-0.1, -0.05) is 6.92 Å². The number of halogens is 1. The second kappa shape index (κ2) is 6.95. The summed E-state index contributed by atoms with van der Waals surface area (Å²) in [7, 11) is 2.93. The van der Waals surface area contributed by atoms with Crippen molar-refractivity contribution in [2.24, 2.45) is 0 Å². The van der Waals surface area contributed by atoms with Crippen LogP contribution in [0.4, 0.5) is 0 Å². The first-order valence-corrected chi connectivity index (χ1v) is 8.49. The molecule has 0 fully saturated rings. The molecule has 0 spiro atoms. The number of hydrogen-bond donors (Lipinski definition) is 1.